The maximum Gasteiger partial charge on any atom is 0.243 e. The van der Waals surface area contributed by atoms with E-state index < -0.39 is 6.04 Å². The van der Waals surface area contributed by atoms with Crippen LogP contribution in [0.3, 0.4) is 0 Å². The number of carbonyl (C=O) groups excluding carboxylic acids is 2. The van der Waals surface area contributed by atoms with E-state index in [0.717, 1.165) is 0 Å². The van der Waals surface area contributed by atoms with E-state index in [2.05, 4.69) is 30.2 Å². The second kappa shape index (κ2) is 7.67. The molecule has 0 heterocycles. The molecule has 0 aromatic carbocycles. The van der Waals surface area contributed by atoms with Crippen molar-refractivity contribution in [3.8, 4) is 0 Å². The van der Waals surface area contributed by atoms with Gasteiger partial charge in [-0.2, -0.15) is 12.6 Å². The Morgan fingerprint density at radius 2 is 2.00 bits per heavy atom. The molecule has 3 unspecified atom stereocenters. The molecule has 2 N–H and O–H groups in total. The molecule has 1 saturated carbocycles. The zero-order valence-corrected chi connectivity index (χ0v) is 12.1. The Hall–Kier alpha value is -0.710. The van der Waals surface area contributed by atoms with Crippen molar-refractivity contribution < 1.29 is 9.59 Å². The summed E-state index contributed by atoms with van der Waals surface area (Å²) in [5, 5.41) is 5.54. The number of hydrogen-bond donors (Lipinski definition) is 3. The van der Waals surface area contributed by atoms with E-state index >= 15 is 0 Å². The Bertz CT molecular complexity index is 297. The summed E-state index contributed by atoms with van der Waals surface area (Å²) in [4.78, 5) is 22.8. The lowest BCUT2D eigenvalue weighted by Gasteiger charge is -2.29. The molecule has 104 valence electrons. The summed E-state index contributed by atoms with van der Waals surface area (Å²) < 4.78 is 0. The van der Waals surface area contributed by atoms with Crippen LogP contribution in [0.4, 0.5) is 0 Å². The second-order valence-corrected chi connectivity index (χ2v) is 5.57. The fourth-order valence-electron chi connectivity index (χ4n) is 2.49. The van der Waals surface area contributed by atoms with Crippen LogP contribution in [0.1, 0.15) is 39.5 Å². The van der Waals surface area contributed by atoms with E-state index in [1.165, 1.54) is 32.6 Å². The van der Waals surface area contributed by atoms with Gasteiger partial charge in [-0.25, -0.2) is 0 Å². The predicted octanol–water partition coefficient (Wildman–Crippen LogP) is 1.36. The summed E-state index contributed by atoms with van der Waals surface area (Å²) in [6.07, 6.45) is 5.00. The highest BCUT2D eigenvalue weighted by molar-refractivity contribution is 7.80. The molecular formula is C13H24N2O2S. The van der Waals surface area contributed by atoms with Crippen molar-refractivity contribution in [2.75, 3.05) is 12.3 Å². The van der Waals surface area contributed by atoms with Gasteiger partial charge in [-0.3, -0.25) is 9.59 Å². The van der Waals surface area contributed by atoms with Crippen LogP contribution in [0.25, 0.3) is 0 Å². The van der Waals surface area contributed by atoms with Crippen molar-refractivity contribution in [2.45, 2.75) is 45.6 Å². The van der Waals surface area contributed by atoms with Gasteiger partial charge in [-0.15, -0.1) is 0 Å². The third-order valence-electron chi connectivity index (χ3n) is 3.70. The highest BCUT2D eigenvalue weighted by Crippen LogP contribution is 2.28. The SMILES string of the molecule is CC(=O)NC(CS)C(=O)NCC1CCCCC1C. The van der Waals surface area contributed by atoms with Gasteiger partial charge in [0.15, 0.2) is 0 Å². The summed E-state index contributed by atoms with van der Waals surface area (Å²) in [7, 11) is 0. The first-order chi connectivity index (χ1) is 8.54. The van der Waals surface area contributed by atoms with Crippen molar-refractivity contribution in [3.05, 3.63) is 0 Å². The lowest BCUT2D eigenvalue weighted by molar-refractivity contribution is -0.127. The molecule has 0 aromatic heterocycles. The van der Waals surface area contributed by atoms with E-state index in [9.17, 15) is 9.59 Å². The summed E-state index contributed by atoms with van der Waals surface area (Å²) in [5.74, 6) is 1.24. The minimum absolute atomic E-state index is 0.127. The quantitative estimate of drug-likeness (QED) is 0.662. The Labute approximate surface area is 115 Å². The lowest BCUT2D eigenvalue weighted by atomic mass is 9.80. The van der Waals surface area contributed by atoms with Crippen LogP contribution in [-0.2, 0) is 9.59 Å². The van der Waals surface area contributed by atoms with Crippen molar-refractivity contribution >= 4 is 24.4 Å². The minimum atomic E-state index is -0.523. The maximum atomic E-state index is 11.9. The first-order valence-corrected chi connectivity index (χ1v) is 7.33. The van der Waals surface area contributed by atoms with Crippen LogP contribution in [0.5, 0.6) is 0 Å². The van der Waals surface area contributed by atoms with E-state index in [4.69, 9.17) is 0 Å². The summed E-state index contributed by atoms with van der Waals surface area (Å²) in [6, 6.07) is -0.523. The number of nitrogens with one attached hydrogen (secondary N) is 2. The second-order valence-electron chi connectivity index (χ2n) is 5.20. The van der Waals surface area contributed by atoms with Gasteiger partial charge >= 0.3 is 0 Å². The average molecular weight is 272 g/mol. The Morgan fingerprint density at radius 1 is 1.33 bits per heavy atom. The molecular weight excluding hydrogens is 248 g/mol. The number of amides is 2. The van der Waals surface area contributed by atoms with Crippen molar-refractivity contribution in [1.82, 2.24) is 10.6 Å². The van der Waals surface area contributed by atoms with Gasteiger partial charge < -0.3 is 10.6 Å². The third-order valence-corrected chi connectivity index (χ3v) is 4.07. The van der Waals surface area contributed by atoms with Crippen molar-refractivity contribution in [1.29, 1.82) is 0 Å². The Balaban J connectivity index is 2.36. The number of thiol groups is 1. The Kier molecular flexibility index (Phi) is 6.54. The zero-order valence-electron chi connectivity index (χ0n) is 11.2. The molecule has 0 aromatic rings. The molecule has 4 nitrogen and oxygen atoms in total. The Morgan fingerprint density at radius 3 is 2.56 bits per heavy atom. The summed E-state index contributed by atoms with van der Waals surface area (Å²) >= 11 is 4.09. The number of hydrogen-bond acceptors (Lipinski definition) is 3. The topological polar surface area (TPSA) is 58.2 Å². The van der Waals surface area contributed by atoms with Gasteiger partial charge in [-0.1, -0.05) is 26.2 Å². The normalized spacial score (nSPS) is 25.3. The number of rotatable bonds is 5. The van der Waals surface area contributed by atoms with Gasteiger partial charge in [0.05, 0.1) is 0 Å². The standard InChI is InChI=1S/C13H24N2O2S/c1-9-5-3-4-6-11(9)7-14-13(17)12(8-18)15-10(2)16/h9,11-12,18H,3-8H2,1-2H3,(H,14,17)(H,15,16). The maximum absolute atomic E-state index is 11.9. The van der Waals surface area contributed by atoms with Gasteiger partial charge in [0.2, 0.25) is 11.8 Å². The van der Waals surface area contributed by atoms with Gasteiger partial charge in [0.1, 0.15) is 6.04 Å². The monoisotopic (exact) mass is 272 g/mol. The van der Waals surface area contributed by atoms with E-state index in [1.54, 1.807) is 0 Å². The molecule has 1 fully saturated rings. The van der Waals surface area contributed by atoms with Crippen molar-refractivity contribution in [3.63, 3.8) is 0 Å². The minimum Gasteiger partial charge on any atom is -0.354 e. The van der Waals surface area contributed by atoms with Crippen LogP contribution in [-0.4, -0.2) is 30.2 Å². The molecule has 18 heavy (non-hydrogen) atoms. The molecule has 0 bridgehead atoms. The molecule has 0 aliphatic heterocycles. The largest absolute Gasteiger partial charge is 0.354 e. The lowest BCUT2D eigenvalue weighted by Crippen LogP contribution is -2.48. The molecule has 3 atom stereocenters. The fourth-order valence-corrected chi connectivity index (χ4v) is 2.75. The molecule has 0 spiro atoms. The molecule has 1 aliphatic carbocycles. The molecule has 0 radical (unpaired) electrons. The molecule has 0 saturated heterocycles. The van der Waals surface area contributed by atoms with E-state index in [-0.39, 0.29) is 11.8 Å². The summed E-state index contributed by atoms with van der Waals surface area (Å²) in [5.41, 5.74) is 0. The van der Waals surface area contributed by atoms with Crippen LogP contribution >= 0.6 is 12.6 Å². The van der Waals surface area contributed by atoms with Gasteiger partial charge in [0, 0.05) is 19.2 Å². The smallest absolute Gasteiger partial charge is 0.243 e. The average Bonchev–Trinajstić information content (AvgIpc) is 2.34. The highest BCUT2D eigenvalue weighted by atomic mass is 32.1. The third kappa shape index (κ3) is 4.88. The van der Waals surface area contributed by atoms with Crippen LogP contribution in [0.15, 0.2) is 0 Å². The first kappa shape index (κ1) is 15.3. The van der Waals surface area contributed by atoms with Gasteiger partial charge in [0.25, 0.3) is 0 Å². The van der Waals surface area contributed by atoms with Crippen LogP contribution in [0.2, 0.25) is 0 Å². The number of carbonyl (C=O) groups is 2. The van der Waals surface area contributed by atoms with E-state index in [0.29, 0.717) is 24.1 Å². The first-order valence-electron chi connectivity index (χ1n) is 6.70. The van der Waals surface area contributed by atoms with Gasteiger partial charge in [-0.05, 0) is 18.3 Å². The zero-order chi connectivity index (χ0) is 13.5. The van der Waals surface area contributed by atoms with Crippen molar-refractivity contribution in [2.24, 2.45) is 11.8 Å². The fraction of sp³-hybridized carbons (Fsp3) is 0.846. The van der Waals surface area contributed by atoms with Crippen LogP contribution < -0.4 is 10.6 Å². The van der Waals surface area contributed by atoms with E-state index in [1.807, 2.05) is 0 Å². The predicted molar refractivity (Wildman–Crippen MR) is 75.6 cm³/mol. The molecule has 5 heteroatoms. The molecule has 1 rings (SSSR count). The molecule has 1 aliphatic rings. The molecule has 2 amide bonds. The summed E-state index contributed by atoms with van der Waals surface area (Å²) in [6.45, 7) is 4.37. The van der Waals surface area contributed by atoms with Crippen LogP contribution in [0, 0.1) is 11.8 Å². The highest BCUT2D eigenvalue weighted by Gasteiger charge is 2.23.